The summed E-state index contributed by atoms with van der Waals surface area (Å²) in [5.74, 6) is 0. The lowest BCUT2D eigenvalue weighted by molar-refractivity contribution is 0.694. The van der Waals surface area contributed by atoms with Crippen molar-refractivity contribution >= 4 is 61.9 Å². The molecule has 9 rings (SSSR count). The van der Waals surface area contributed by atoms with Gasteiger partial charge in [0.2, 0.25) is 0 Å². The Morgan fingerprint density at radius 3 is 1.92 bits per heavy atom. The third kappa shape index (κ3) is 4.61. The summed E-state index contributed by atoms with van der Waals surface area (Å²) in [5.41, 5.74) is 15.8. The Bertz CT molecular complexity index is 2540. The number of nitrogens with zero attached hydrogens (tertiary/aromatic N) is 1. The third-order valence-electron chi connectivity index (χ3n) is 11.3. The normalized spacial score (nSPS) is 15.5. The summed E-state index contributed by atoms with van der Waals surface area (Å²) in [6.45, 7) is 11.7. The number of benzene rings is 7. The molecular weight excluding hydrogens is 603 g/mol. The maximum absolute atomic E-state index is 2.43. The average molecular weight is 644 g/mol. The first-order valence-electron chi connectivity index (χ1n) is 17.8. The van der Waals surface area contributed by atoms with Gasteiger partial charge in [-0.3, -0.25) is 0 Å². The zero-order valence-electron chi connectivity index (χ0n) is 29.5. The van der Waals surface area contributed by atoms with Crippen LogP contribution < -0.4 is 4.90 Å². The second-order valence-electron chi connectivity index (χ2n) is 15.1. The summed E-state index contributed by atoms with van der Waals surface area (Å²) < 4.78 is 0. The van der Waals surface area contributed by atoms with Crippen molar-refractivity contribution in [2.75, 3.05) is 4.90 Å². The Morgan fingerprint density at radius 2 is 1.12 bits per heavy atom. The van der Waals surface area contributed by atoms with Crippen molar-refractivity contribution in [3.63, 3.8) is 0 Å². The molecule has 1 nitrogen and oxygen atoms in total. The minimum absolute atomic E-state index is 0.00816. The van der Waals surface area contributed by atoms with Crippen LogP contribution in [0.5, 0.6) is 0 Å². The van der Waals surface area contributed by atoms with Gasteiger partial charge in [0.15, 0.2) is 0 Å². The topological polar surface area (TPSA) is 3.24 Å². The van der Waals surface area contributed by atoms with Gasteiger partial charge in [0, 0.05) is 27.6 Å². The van der Waals surface area contributed by atoms with Gasteiger partial charge in [-0.05, 0) is 97.9 Å². The van der Waals surface area contributed by atoms with E-state index < -0.39 is 0 Å². The SMILES string of the molecule is Cc1ccc(N(c2ccc3ccccc3c2)c2ccc(/C=C/c3ccc4c(c3)C(C)(C)C3=C4C(C)(C)c4ccccc43)c3ccccc23)cc1. The molecule has 1 heteroatoms. The first kappa shape index (κ1) is 30.4. The fourth-order valence-corrected chi connectivity index (χ4v) is 8.75. The number of allylic oxidation sites excluding steroid dienone is 2. The Kier molecular flexibility index (Phi) is 6.80. The molecule has 2 aliphatic rings. The van der Waals surface area contributed by atoms with Crippen molar-refractivity contribution in [1.29, 1.82) is 0 Å². The highest BCUT2D eigenvalue weighted by Crippen LogP contribution is 2.62. The van der Waals surface area contributed by atoms with E-state index in [4.69, 9.17) is 0 Å². The number of rotatable bonds is 5. The summed E-state index contributed by atoms with van der Waals surface area (Å²) >= 11 is 0. The van der Waals surface area contributed by atoms with Gasteiger partial charge in [0.1, 0.15) is 0 Å². The number of aryl methyl sites for hydroxylation is 1. The molecule has 0 spiro atoms. The predicted octanol–water partition coefficient (Wildman–Crippen LogP) is 13.4. The highest BCUT2D eigenvalue weighted by atomic mass is 15.1. The molecule has 0 saturated heterocycles. The molecule has 0 saturated carbocycles. The zero-order valence-corrected chi connectivity index (χ0v) is 29.5. The minimum Gasteiger partial charge on any atom is -0.310 e. The van der Waals surface area contributed by atoms with Crippen molar-refractivity contribution in [1.82, 2.24) is 0 Å². The lowest BCUT2D eigenvalue weighted by atomic mass is 9.75. The van der Waals surface area contributed by atoms with E-state index in [1.165, 1.54) is 77.3 Å². The molecule has 7 aromatic carbocycles. The van der Waals surface area contributed by atoms with E-state index in [-0.39, 0.29) is 10.8 Å². The van der Waals surface area contributed by atoms with Crippen molar-refractivity contribution in [3.05, 3.63) is 185 Å². The number of fused-ring (bicyclic) bond motifs is 6. The van der Waals surface area contributed by atoms with Crippen LogP contribution in [0.2, 0.25) is 0 Å². The van der Waals surface area contributed by atoms with E-state index in [2.05, 4.69) is 197 Å². The van der Waals surface area contributed by atoms with Crippen LogP contribution in [-0.4, -0.2) is 0 Å². The van der Waals surface area contributed by atoms with E-state index in [1.54, 1.807) is 0 Å². The zero-order chi connectivity index (χ0) is 34.2. The molecule has 0 aliphatic heterocycles. The summed E-state index contributed by atoms with van der Waals surface area (Å²) in [6, 6.07) is 53.7. The molecule has 0 radical (unpaired) electrons. The van der Waals surface area contributed by atoms with Crippen molar-refractivity contribution in [2.45, 2.75) is 45.4 Å². The van der Waals surface area contributed by atoms with Crippen LogP contribution in [0, 0.1) is 6.92 Å². The monoisotopic (exact) mass is 643 g/mol. The van der Waals surface area contributed by atoms with Crippen LogP contribution in [0.4, 0.5) is 17.1 Å². The lowest BCUT2D eigenvalue weighted by Gasteiger charge is -2.28. The number of hydrogen-bond acceptors (Lipinski definition) is 1. The van der Waals surface area contributed by atoms with Crippen molar-refractivity contribution in [2.24, 2.45) is 0 Å². The quantitative estimate of drug-likeness (QED) is 0.169. The molecule has 0 amide bonds. The number of hydrogen-bond donors (Lipinski definition) is 0. The van der Waals surface area contributed by atoms with Crippen LogP contribution in [0.1, 0.15) is 66.6 Å². The van der Waals surface area contributed by atoms with E-state index >= 15 is 0 Å². The van der Waals surface area contributed by atoms with E-state index in [1.807, 2.05) is 0 Å². The first-order chi connectivity index (χ1) is 24.2. The maximum atomic E-state index is 2.43. The first-order valence-corrected chi connectivity index (χ1v) is 17.8. The Hall–Kier alpha value is -5.66. The summed E-state index contributed by atoms with van der Waals surface area (Å²) in [5, 5.41) is 4.94. The smallest absolute Gasteiger partial charge is 0.0540 e. The fraction of sp³-hybridized carbons (Fsp3) is 0.143. The van der Waals surface area contributed by atoms with Crippen LogP contribution >= 0.6 is 0 Å². The lowest BCUT2D eigenvalue weighted by Crippen LogP contribution is -2.19. The molecule has 0 aromatic heterocycles. The van der Waals surface area contributed by atoms with E-state index in [0.717, 1.165) is 11.4 Å². The molecule has 0 heterocycles. The third-order valence-corrected chi connectivity index (χ3v) is 11.3. The summed E-state index contributed by atoms with van der Waals surface area (Å²) in [7, 11) is 0. The van der Waals surface area contributed by atoms with Gasteiger partial charge >= 0.3 is 0 Å². The van der Waals surface area contributed by atoms with Gasteiger partial charge in [-0.25, -0.2) is 0 Å². The maximum Gasteiger partial charge on any atom is 0.0540 e. The molecule has 0 fully saturated rings. The largest absolute Gasteiger partial charge is 0.310 e. The number of anilines is 3. The summed E-state index contributed by atoms with van der Waals surface area (Å²) in [6.07, 6.45) is 4.59. The molecule has 2 aliphatic carbocycles. The average Bonchev–Trinajstić information content (AvgIpc) is 3.53. The standard InChI is InChI=1S/C49H41N/c1-32-18-25-37(26-19-32)50(38-27-23-34-12-6-7-13-36(34)31-38)45-29-24-35(39-14-8-9-15-40(39)45)22-20-33-21-28-42-44(30-33)49(4,5)46-41-16-10-11-17-43(41)48(2,3)47(42)46/h6-31H,1-5H3/b22-20+. The van der Waals surface area contributed by atoms with Crippen molar-refractivity contribution < 1.29 is 0 Å². The second kappa shape index (κ2) is 11.2. The molecule has 50 heavy (non-hydrogen) atoms. The van der Waals surface area contributed by atoms with Crippen LogP contribution in [-0.2, 0) is 10.8 Å². The van der Waals surface area contributed by atoms with Gasteiger partial charge in [-0.1, -0.05) is 161 Å². The minimum atomic E-state index is -0.0606. The van der Waals surface area contributed by atoms with Crippen LogP contribution in [0.3, 0.4) is 0 Å². The van der Waals surface area contributed by atoms with E-state index in [0.29, 0.717) is 0 Å². The predicted molar refractivity (Wildman–Crippen MR) is 216 cm³/mol. The summed E-state index contributed by atoms with van der Waals surface area (Å²) in [4.78, 5) is 2.40. The van der Waals surface area contributed by atoms with E-state index in [9.17, 15) is 0 Å². The Labute approximate surface area is 295 Å². The molecular formula is C49H41N. The van der Waals surface area contributed by atoms with Gasteiger partial charge in [0.25, 0.3) is 0 Å². The Balaban J connectivity index is 1.12. The molecule has 0 atom stereocenters. The van der Waals surface area contributed by atoms with Gasteiger partial charge in [0.05, 0.1) is 5.69 Å². The molecule has 7 aromatic rings. The second-order valence-corrected chi connectivity index (χ2v) is 15.1. The highest BCUT2D eigenvalue weighted by Gasteiger charge is 2.49. The highest BCUT2D eigenvalue weighted by molar-refractivity contribution is 6.10. The molecule has 242 valence electrons. The molecule has 0 bridgehead atoms. The fourth-order valence-electron chi connectivity index (χ4n) is 8.75. The van der Waals surface area contributed by atoms with Crippen LogP contribution in [0.25, 0.3) is 44.8 Å². The van der Waals surface area contributed by atoms with Gasteiger partial charge in [-0.15, -0.1) is 0 Å². The van der Waals surface area contributed by atoms with Gasteiger partial charge in [-0.2, -0.15) is 0 Å². The molecule has 0 N–H and O–H groups in total. The van der Waals surface area contributed by atoms with Crippen molar-refractivity contribution in [3.8, 4) is 0 Å². The van der Waals surface area contributed by atoms with Gasteiger partial charge < -0.3 is 4.90 Å². The molecule has 0 unspecified atom stereocenters. The Morgan fingerprint density at radius 1 is 0.480 bits per heavy atom. The van der Waals surface area contributed by atoms with Crippen LogP contribution in [0.15, 0.2) is 146 Å².